The summed E-state index contributed by atoms with van der Waals surface area (Å²) >= 11 is 1.66. The van der Waals surface area contributed by atoms with Crippen LogP contribution in [0.25, 0.3) is 0 Å². The van der Waals surface area contributed by atoms with Crippen molar-refractivity contribution < 1.29 is 24.5 Å². The standard InChI is InChI=1S/C28H31NO5S/c1-19-25(18-35-16-15-30)33-28(34-26(19)21-9-7-20(17-31)8-10-21)23-11-13-24(14-12-23)29-27(32)22-5-3-2-4-6-22/h2-14,19,25-26,28,30-31H,15-18H2,1H3,(H,29,32). The molecule has 0 radical (unpaired) electrons. The number of thioether (sulfide) groups is 1. The summed E-state index contributed by atoms with van der Waals surface area (Å²) < 4.78 is 12.8. The van der Waals surface area contributed by atoms with Crippen molar-refractivity contribution in [1.82, 2.24) is 0 Å². The molecule has 1 aliphatic heterocycles. The molecule has 3 aromatic carbocycles. The lowest BCUT2D eigenvalue weighted by atomic mass is 9.91. The van der Waals surface area contributed by atoms with E-state index >= 15 is 0 Å². The van der Waals surface area contributed by atoms with Crippen molar-refractivity contribution in [3.8, 4) is 0 Å². The van der Waals surface area contributed by atoms with Crippen molar-refractivity contribution in [1.29, 1.82) is 0 Å². The number of hydrogen-bond acceptors (Lipinski definition) is 6. The van der Waals surface area contributed by atoms with Gasteiger partial charge in [0.2, 0.25) is 0 Å². The Morgan fingerprint density at radius 3 is 2.26 bits per heavy atom. The topological polar surface area (TPSA) is 88.0 Å². The van der Waals surface area contributed by atoms with Gasteiger partial charge in [-0.3, -0.25) is 4.79 Å². The van der Waals surface area contributed by atoms with Crippen LogP contribution < -0.4 is 5.32 Å². The molecule has 4 unspecified atom stereocenters. The second kappa shape index (κ2) is 12.3. The SMILES string of the molecule is CC1C(CSCCO)OC(c2ccc(NC(=O)c3ccccc3)cc2)OC1c1ccc(CO)cc1. The van der Waals surface area contributed by atoms with Crippen LogP contribution in [-0.2, 0) is 16.1 Å². The molecule has 0 saturated carbocycles. The summed E-state index contributed by atoms with van der Waals surface area (Å²) in [7, 11) is 0. The van der Waals surface area contributed by atoms with Crippen LogP contribution in [0.5, 0.6) is 0 Å². The van der Waals surface area contributed by atoms with Crippen LogP contribution >= 0.6 is 11.8 Å². The molecule has 6 nitrogen and oxygen atoms in total. The monoisotopic (exact) mass is 493 g/mol. The Hall–Kier alpha value is -2.68. The van der Waals surface area contributed by atoms with Gasteiger partial charge in [-0.25, -0.2) is 0 Å². The number of hydrogen-bond donors (Lipinski definition) is 3. The van der Waals surface area contributed by atoms with E-state index in [0.29, 0.717) is 17.0 Å². The molecule has 1 fully saturated rings. The summed E-state index contributed by atoms with van der Waals surface area (Å²) in [5, 5.41) is 21.5. The Bertz CT molecular complexity index is 1070. The lowest BCUT2D eigenvalue weighted by Gasteiger charge is -2.41. The van der Waals surface area contributed by atoms with Gasteiger partial charge in [-0.15, -0.1) is 0 Å². The first-order valence-electron chi connectivity index (χ1n) is 11.7. The molecule has 1 amide bonds. The van der Waals surface area contributed by atoms with E-state index in [1.165, 1.54) is 0 Å². The van der Waals surface area contributed by atoms with E-state index in [0.717, 1.165) is 22.4 Å². The minimum atomic E-state index is -0.563. The molecule has 35 heavy (non-hydrogen) atoms. The zero-order chi connectivity index (χ0) is 24.6. The molecule has 7 heteroatoms. The highest BCUT2D eigenvalue weighted by Crippen LogP contribution is 2.42. The van der Waals surface area contributed by atoms with Crippen LogP contribution in [0.3, 0.4) is 0 Å². The number of carbonyl (C=O) groups excluding carboxylic acids is 1. The maximum Gasteiger partial charge on any atom is 0.255 e. The molecule has 3 N–H and O–H groups in total. The van der Waals surface area contributed by atoms with E-state index < -0.39 is 6.29 Å². The Morgan fingerprint density at radius 2 is 1.60 bits per heavy atom. The summed E-state index contributed by atoms with van der Waals surface area (Å²) in [6, 6.07) is 24.4. The van der Waals surface area contributed by atoms with Gasteiger partial charge in [0.05, 0.1) is 25.4 Å². The summed E-state index contributed by atoms with van der Waals surface area (Å²) in [5.41, 5.74) is 4.05. The Balaban J connectivity index is 1.50. The third kappa shape index (κ3) is 6.51. The fraction of sp³-hybridized carbons (Fsp3) is 0.321. The van der Waals surface area contributed by atoms with Gasteiger partial charge < -0.3 is 25.0 Å². The predicted molar refractivity (Wildman–Crippen MR) is 138 cm³/mol. The van der Waals surface area contributed by atoms with Gasteiger partial charge >= 0.3 is 0 Å². The maximum absolute atomic E-state index is 12.5. The number of aliphatic hydroxyl groups excluding tert-OH is 2. The van der Waals surface area contributed by atoms with Gasteiger partial charge in [0, 0.05) is 34.2 Å². The fourth-order valence-corrected chi connectivity index (χ4v) is 5.00. The highest BCUT2D eigenvalue weighted by atomic mass is 32.2. The molecule has 1 heterocycles. The zero-order valence-electron chi connectivity index (χ0n) is 19.7. The predicted octanol–water partition coefficient (Wildman–Crippen LogP) is 4.95. The van der Waals surface area contributed by atoms with E-state index in [9.17, 15) is 15.0 Å². The van der Waals surface area contributed by atoms with Crippen molar-refractivity contribution in [3.63, 3.8) is 0 Å². The van der Waals surface area contributed by atoms with Crippen LogP contribution in [0.15, 0.2) is 78.9 Å². The van der Waals surface area contributed by atoms with Crippen molar-refractivity contribution in [2.24, 2.45) is 5.92 Å². The number of ether oxygens (including phenoxy) is 2. The molecular formula is C28H31NO5S. The number of carbonyl (C=O) groups is 1. The summed E-state index contributed by atoms with van der Waals surface area (Å²) in [4.78, 5) is 12.5. The van der Waals surface area contributed by atoms with Crippen molar-refractivity contribution in [2.45, 2.75) is 32.0 Å². The summed E-state index contributed by atoms with van der Waals surface area (Å²) in [6.45, 7) is 2.25. The Kier molecular flexibility index (Phi) is 8.95. The largest absolute Gasteiger partial charge is 0.396 e. The number of rotatable bonds is 9. The van der Waals surface area contributed by atoms with Crippen LogP contribution in [0.1, 0.15) is 46.4 Å². The first kappa shape index (κ1) is 25.4. The lowest BCUT2D eigenvalue weighted by molar-refractivity contribution is -0.268. The zero-order valence-corrected chi connectivity index (χ0v) is 20.5. The van der Waals surface area contributed by atoms with Crippen LogP contribution in [-0.4, -0.2) is 40.3 Å². The van der Waals surface area contributed by atoms with Gasteiger partial charge in [-0.05, 0) is 35.4 Å². The molecule has 3 aromatic rings. The molecule has 0 spiro atoms. The maximum atomic E-state index is 12.5. The second-order valence-electron chi connectivity index (χ2n) is 8.56. The van der Waals surface area contributed by atoms with Crippen molar-refractivity contribution >= 4 is 23.4 Å². The molecule has 4 atom stereocenters. The van der Waals surface area contributed by atoms with Gasteiger partial charge in [-0.1, -0.05) is 61.5 Å². The minimum absolute atomic E-state index is 0.000672. The Labute approximate surface area is 210 Å². The molecule has 1 saturated heterocycles. The van der Waals surface area contributed by atoms with Gasteiger partial charge in [0.1, 0.15) is 0 Å². The smallest absolute Gasteiger partial charge is 0.255 e. The number of nitrogens with one attached hydrogen (secondary N) is 1. The fourth-order valence-electron chi connectivity index (χ4n) is 4.09. The normalized spacial score (nSPS) is 22.0. The first-order chi connectivity index (χ1) is 17.1. The molecule has 184 valence electrons. The highest BCUT2D eigenvalue weighted by molar-refractivity contribution is 7.99. The lowest BCUT2D eigenvalue weighted by Crippen LogP contribution is -2.38. The van der Waals surface area contributed by atoms with Crippen molar-refractivity contribution in [2.75, 3.05) is 23.4 Å². The molecular weight excluding hydrogens is 462 g/mol. The molecule has 4 rings (SSSR count). The quantitative estimate of drug-likeness (QED) is 0.366. The number of amides is 1. The average Bonchev–Trinajstić information content (AvgIpc) is 2.91. The van der Waals surface area contributed by atoms with E-state index in [4.69, 9.17) is 9.47 Å². The van der Waals surface area contributed by atoms with Gasteiger partial charge in [0.15, 0.2) is 6.29 Å². The third-order valence-electron chi connectivity index (χ3n) is 6.12. The summed E-state index contributed by atoms with van der Waals surface area (Å²) in [5.74, 6) is 1.34. The number of aliphatic hydroxyl groups is 2. The van der Waals surface area contributed by atoms with Crippen LogP contribution in [0, 0.1) is 5.92 Å². The molecule has 0 aliphatic carbocycles. The third-order valence-corrected chi connectivity index (χ3v) is 7.15. The molecule has 0 bridgehead atoms. The number of benzene rings is 3. The molecule has 0 aromatic heterocycles. The van der Waals surface area contributed by atoms with Crippen LogP contribution in [0.2, 0.25) is 0 Å². The minimum Gasteiger partial charge on any atom is -0.396 e. The first-order valence-corrected chi connectivity index (χ1v) is 12.9. The summed E-state index contributed by atoms with van der Waals surface area (Å²) in [6.07, 6.45) is -0.809. The van der Waals surface area contributed by atoms with Crippen molar-refractivity contribution in [3.05, 3.63) is 101 Å². The Morgan fingerprint density at radius 1 is 0.914 bits per heavy atom. The molecule has 1 aliphatic rings. The van der Waals surface area contributed by atoms with E-state index in [1.807, 2.05) is 66.7 Å². The average molecular weight is 494 g/mol. The van der Waals surface area contributed by atoms with Gasteiger partial charge in [0.25, 0.3) is 5.91 Å². The van der Waals surface area contributed by atoms with Crippen LogP contribution in [0.4, 0.5) is 5.69 Å². The van der Waals surface area contributed by atoms with Gasteiger partial charge in [-0.2, -0.15) is 11.8 Å². The van der Waals surface area contributed by atoms with E-state index in [2.05, 4.69) is 12.2 Å². The van der Waals surface area contributed by atoms with E-state index in [-0.39, 0.29) is 37.2 Å². The second-order valence-corrected chi connectivity index (χ2v) is 9.71. The van der Waals surface area contributed by atoms with E-state index in [1.54, 1.807) is 23.9 Å². The highest BCUT2D eigenvalue weighted by Gasteiger charge is 2.38. The number of anilines is 1.